The van der Waals surface area contributed by atoms with Crippen LogP contribution in [0.5, 0.6) is 0 Å². The maximum absolute atomic E-state index is 7.61. The molecular weight excluding hydrogens is 476 g/mol. The summed E-state index contributed by atoms with van der Waals surface area (Å²) in [6, 6.07) is 39.6. The molecule has 0 N–H and O–H groups in total. The van der Waals surface area contributed by atoms with Gasteiger partial charge in [-0.05, 0) is 53.9 Å². The molecule has 180 valence electrons. The first-order valence-electron chi connectivity index (χ1n) is 12.9. The number of hydrogen-bond donors (Lipinski definition) is 0. The minimum atomic E-state index is 0.631. The summed E-state index contributed by atoms with van der Waals surface area (Å²) in [5.41, 5.74) is 7.79. The molecule has 0 bridgehead atoms. The Hall–Kier alpha value is -5.53. The average Bonchev–Trinajstić information content (AvgIpc) is 3.33. The number of aromatic nitrogens is 3. The maximum Gasteiger partial charge on any atom is 0.188 e. The molecule has 0 aliphatic rings. The lowest BCUT2D eigenvalue weighted by Crippen LogP contribution is -1.94. The van der Waals surface area contributed by atoms with Crippen molar-refractivity contribution in [1.82, 2.24) is 14.5 Å². The van der Waals surface area contributed by atoms with Crippen LogP contribution in [0.25, 0.3) is 76.2 Å². The van der Waals surface area contributed by atoms with E-state index in [4.69, 9.17) is 16.5 Å². The molecule has 8 rings (SSSR count). The van der Waals surface area contributed by atoms with E-state index in [0.29, 0.717) is 5.69 Å². The predicted octanol–water partition coefficient (Wildman–Crippen LogP) is 9.25. The molecule has 4 nitrogen and oxygen atoms in total. The molecule has 3 aromatic heterocycles. The van der Waals surface area contributed by atoms with Crippen LogP contribution in [0.2, 0.25) is 0 Å². The van der Waals surface area contributed by atoms with E-state index < -0.39 is 0 Å². The summed E-state index contributed by atoms with van der Waals surface area (Å²) in [5.74, 6) is 0. The predicted molar refractivity (Wildman–Crippen MR) is 161 cm³/mol. The zero-order valence-corrected chi connectivity index (χ0v) is 20.8. The van der Waals surface area contributed by atoms with Gasteiger partial charge in [-0.2, -0.15) is 0 Å². The second-order valence-corrected chi connectivity index (χ2v) is 9.76. The monoisotopic (exact) mass is 496 g/mol. The zero-order valence-electron chi connectivity index (χ0n) is 20.8. The van der Waals surface area contributed by atoms with Crippen LogP contribution in [0.3, 0.4) is 0 Å². The molecule has 0 saturated heterocycles. The summed E-state index contributed by atoms with van der Waals surface area (Å²) in [6.45, 7) is 7.61. The first kappa shape index (κ1) is 21.5. The van der Waals surface area contributed by atoms with Crippen LogP contribution in [-0.2, 0) is 0 Å². The molecule has 39 heavy (non-hydrogen) atoms. The fourth-order valence-electron chi connectivity index (χ4n) is 5.88. The highest BCUT2D eigenvalue weighted by Gasteiger charge is 2.17. The second-order valence-electron chi connectivity index (χ2n) is 9.76. The van der Waals surface area contributed by atoms with Crippen LogP contribution in [0.1, 0.15) is 0 Å². The quantitative estimate of drug-likeness (QED) is 0.177. The largest absolute Gasteiger partial charge is 0.309 e. The summed E-state index contributed by atoms with van der Waals surface area (Å²) in [5, 5.41) is 6.56. The van der Waals surface area contributed by atoms with E-state index in [9.17, 15) is 0 Å². The Morgan fingerprint density at radius 3 is 2.31 bits per heavy atom. The van der Waals surface area contributed by atoms with E-state index in [2.05, 4.69) is 94.3 Å². The highest BCUT2D eigenvalue weighted by molar-refractivity contribution is 6.21. The van der Waals surface area contributed by atoms with Gasteiger partial charge in [0.1, 0.15) is 0 Å². The lowest BCUT2D eigenvalue weighted by molar-refractivity contribution is 1.18. The summed E-state index contributed by atoms with van der Waals surface area (Å²) in [6.07, 6.45) is 1.86. The van der Waals surface area contributed by atoms with Crippen molar-refractivity contribution in [1.29, 1.82) is 0 Å². The topological polar surface area (TPSA) is 35.1 Å². The van der Waals surface area contributed by atoms with Gasteiger partial charge in [-0.25, -0.2) is 9.83 Å². The summed E-state index contributed by atoms with van der Waals surface area (Å²) >= 11 is 0. The van der Waals surface area contributed by atoms with E-state index in [0.717, 1.165) is 71.3 Å². The van der Waals surface area contributed by atoms with Crippen molar-refractivity contribution in [2.75, 3.05) is 0 Å². The maximum atomic E-state index is 7.61. The van der Waals surface area contributed by atoms with Gasteiger partial charge in [0.05, 0.1) is 34.3 Å². The molecule has 0 fully saturated rings. The van der Waals surface area contributed by atoms with Gasteiger partial charge in [-0.1, -0.05) is 66.7 Å². The number of hydrogen-bond acceptors (Lipinski definition) is 2. The number of fused-ring (bicyclic) bond motifs is 8. The lowest BCUT2D eigenvalue weighted by Gasteiger charge is -2.12. The second kappa shape index (κ2) is 8.24. The van der Waals surface area contributed by atoms with Gasteiger partial charge < -0.3 is 4.57 Å². The molecule has 0 aliphatic carbocycles. The lowest BCUT2D eigenvalue weighted by atomic mass is 9.97. The third kappa shape index (κ3) is 3.17. The van der Waals surface area contributed by atoms with Crippen molar-refractivity contribution in [3.63, 3.8) is 0 Å². The van der Waals surface area contributed by atoms with Crippen molar-refractivity contribution in [3.05, 3.63) is 133 Å². The summed E-state index contributed by atoms with van der Waals surface area (Å²) in [7, 11) is 0. The normalized spacial score (nSPS) is 11.6. The number of para-hydroxylation sites is 2. The van der Waals surface area contributed by atoms with Gasteiger partial charge in [0.25, 0.3) is 0 Å². The molecule has 0 atom stereocenters. The molecule has 0 amide bonds. The molecular formula is C35H20N4. The highest BCUT2D eigenvalue weighted by Crippen LogP contribution is 2.40. The van der Waals surface area contributed by atoms with Crippen LogP contribution in [0, 0.1) is 6.57 Å². The van der Waals surface area contributed by atoms with Gasteiger partial charge in [0.15, 0.2) is 5.69 Å². The fraction of sp³-hybridized carbons (Fsp3) is 0. The first-order valence-corrected chi connectivity index (χ1v) is 12.9. The zero-order chi connectivity index (χ0) is 25.9. The molecule has 4 heteroatoms. The van der Waals surface area contributed by atoms with Crippen LogP contribution in [-0.4, -0.2) is 14.5 Å². The van der Waals surface area contributed by atoms with Crippen LogP contribution in [0.4, 0.5) is 5.69 Å². The Morgan fingerprint density at radius 2 is 1.44 bits per heavy atom. The van der Waals surface area contributed by atoms with Gasteiger partial charge in [-0.3, -0.25) is 4.98 Å². The number of pyridine rings is 2. The minimum absolute atomic E-state index is 0.631. The van der Waals surface area contributed by atoms with Crippen molar-refractivity contribution in [2.24, 2.45) is 0 Å². The van der Waals surface area contributed by atoms with Crippen LogP contribution < -0.4 is 0 Å². The molecule has 0 radical (unpaired) electrons. The Labute approximate surface area is 224 Å². The smallest absolute Gasteiger partial charge is 0.188 e. The molecule has 0 aliphatic heterocycles. The van der Waals surface area contributed by atoms with E-state index in [1.54, 1.807) is 0 Å². The van der Waals surface area contributed by atoms with Gasteiger partial charge >= 0.3 is 0 Å². The first-order chi connectivity index (χ1) is 19.3. The fourth-order valence-corrected chi connectivity index (χ4v) is 5.88. The average molecular weight is 497 g/mol. The van der Waals surface area contributed by atoms with Crippen molar-refractivity contribution >= 4 is 60.1 Å². The van der Waals surface area contributed by atoms with E-state index in [1.165, 1.54) is 0 Å². The number of benzene rings is 5. The number of nitrogens with zero attached hydrogens (tertiary/aromatic N) is 4. The van der Waals surface area contributed by atoms with Crippen molar-refractivity contribution in [3.8, 4) is 16.9 Å². The van der Waals surface area contributed by atoms with Gasteiger partial charge in [0.2, 0.25) is 0 Å². The van der Waals surface area contributed by atoms with E-state index in [1.807, 2.05) is 36.5 Å². The summed E-state index contributed by atoms with van der Waals surface area (Å²) in [4.78, 5) is 13.7. The Morgan fingerprint density at radius 1 is 0.641 bits per heavy atom. The van der Waals surface area contributed by atoms with Crippen LogP contribution >= 0.6 is 0 Å². The van der Waals surface area contributed by atoms with Crippen LogP contribution in [0.15, 0.2) is 121 Å². The molecule has 0 unspecified atom stereocenters. The molecule has 5 aromatic carbocycles. The highest BCUT2D eigenvalue weighted by atomic mass is 15.0. The Bertz CT molecular complexity index is 2270. The SMILES string of the molecule is [C-]#[N+]c1ccc2c(c1)c1cc(-c3nc4ccccc4c4c3ccc3cccnc34)ccc1n2-c1ccccc1. The Balaban J connectivity index is 1.49. The molecule has 8 aromatic rings. The summed E-state index contributed by atoms with van der Waals surface area (Å²) < 4.78 is 2.27. The van der Waals surface area contributed by atoms with Crippen molar-refractivity contribution < 1.29 is 0 Å². The Kier molecular flexibility index (Phi) is 4.55. The standard InChI is InChI=1S/C35H20N4/c1-36-24-15-18-32-29(21-24)28-20-23(14-17-31(28)39(32)25-9-3-2-4-10-25)34-27-16-13-22-8-7-19-37-35(22)33(27)26-11-5-6-12-30(26)38-34/h2-21H. The van der Waals surface area contributed by atoms with E-state index >= 15 is 0 Å². The van der Waals surface area contributed by atoms with Gasteiger partial charge in [-0.15, -0.1) is 0 Å². The van der Waals surface area contributed by atoms with Gasteiger partial charge in [0, 0.05) is 44.4 Å². The number of rotatable bonds is 2. The molecule has 0 saturated carbocycles. The van der Waals surface area contributed by atoms with Crippen molar-refractivity contribution in [2.45, 2.75) is 0 Å². The van der Waals surface area contributed by atoms with E-state index in [-0.39, 0.29) is 0 Å². The molecule has 0 spiro atoms. The third-order valence-electron chi connectivity index (χ3n) is 7.60. The third-order valence-corrected chi connectivity index (χ3v) is 7.60. The molecule has 3 heterocycles. The minimum Gasteiger partial charge on any atom is -0.309 e.